The van der Waals surface area contributed by atoms with Crippen LogP contribution in [0.4, 0.5) is 15.8 Å². The zero-order chi connectivity index (χ0) is 15.2. The number of rotatable bonds is 6. The van der Waals surface area contributed by atoms with Crippen LogP contribution < -0.4 is 10.2 Å². The molecule has 0 aliphatic carbocycles. The molecule has 21 heavy (non-hydrogen) atoms. The summed E-state index contributed by atoms with van der Waals surface area (Å²) in [7, 11) is 1.87. The van der Waals surface area contributed by atoms with Crippen LogP contribution in [0.1, 0.15) is 18.9 Å². The summed E-state index contributed by atoms with van der Waals surface area (Å²) in [6.45, 7) is 3.77. The molecule has 0 heterocycles. The van der Waals surface area contributed by atoms with Crippen LogP contribution in [0.25, 0.3) is 0 Å². The molecule has 2 rings (SSSR count). The van der Waals surface area contributed by atoms with E-state index in [4.69, 9.17) is 11.6 Å². The van der Waals surface area contributed by atoms with E-state index in [-0.39, 0.29) is 5.82 Å². The Bertz CT molecular complexity index is 601. The molecule has 0 fully saturated rings. The Morgan fingerprint density at radius 3 is 2.62 bits per heavy atom. The van der Waals surface area contributed by atoms with Gasteiger partial charge in [0.1, 0.15) is 5.82 Å². The Morgan fingerprint density at radius 1 is 1.14 bits per heavy atom. The molecule has 2 aromatic rings. The molecule has 0 bridgehead atoms. The minimum atomic E-state index is -0.234. The second-order valence-corrected chi connectivity index (χ2v) is 5.40. The Labute approximate surface area is 130 Å². The SMILES string of the molecule is CCCNCc1cc(Cl)ccc1N(C)c1ccccc1F. The van der Waals surface area contributed by atoms with Gasteiger partial charge >= 0.3 is 0 Å². The van der Waals surface area contributed by atoms with E-state index in [0.29, 0.717) is 17.3 Å². The van der Waals surface area contributed by atoms with Crippen molar-refractivity contribution in [1.29, 1.82) is 0 Å². The van der Waals surface area contributed by atoms with Crippen molar-refractivity contribution in [2.75, 3.05) is 18.5 Å². The van der Waals surface area contributed by atoms with Crippen molar-refractivity contribution in [3.05, 3.63) is 58.9 Å². The van der Waals surface area contributed by atoms with Crippen LogP contribution in [0.2, 0.25) is 5.02 Å². The number of hydrogen-bond acceptors (Lipinski definition) is 2. The third kappa shape index (κ3) is 3.96. The van der Waals surface area contributed by atoms with Crippen LogP contribution >= 0.6 is 11.6 Å². The fourth-order valence-corrected chi connectivity index (χ4v) is 2.47. The highest BCUT2D eigenvalue weighted by Crippen LogP contribution is 2.30. The summed E-state index contributed by atoms with van der Waals surface area (Å²) in [4.78, 5) is 1.86. The van der Waals surface area contributed by atoms with Crippen molar-refractivity contribution in [3.63, 3.8) is 0 Å². The van der Waals surface area contributed by atoms with E-state index in [2.05, 4.69) is 12.2 Å². The molecule has 0 atom stereocenters. The lowest BCUT2D eigenvalue weighted by molar-refractivity contribution is 0.627. The summed E-state index contributed by atoms with van der Waals surface area (Å²) in [5.41, 5.74) is 2.56. The third-order valence-corrected chi connectivity index (χ3v) is 3.59. The van der Waals surface area contributed by atoms with Gasteiger partial charge in [0.2, 0.25) is 0 Å². The molecule has 0 unspecified atom stereocenters. The van der Waals surface area contributed by atoms with Gasteiger partial charge in [0.25, 0.3) is 0 Å². The summed E-state index contributed by atoms with van der Waals surface area (Å²) < 4.78 is 14.0. The zero-order valence-electron chi connectivity index (χ0n) is 12.4. The minimum Gasteiger partial charge on any atom is -0.342 e. The minimum absolute atomic E-state index is 0.234. The van der Waals surface area contributed by atoms with E-state index in [0.717, 1.165) is 24.2 Å². The van der Waals surface area contributed by atoms with Crippen molar-refractivity contribution >= 4 is 23.0 Å². The molecule has 2 nitrogen and oxygen atoms in total. The molecule has 0 amide bonds. The summed E-state index contributed by atoms with van der Waals surface area (Å²) >= 11 is 6.09. The maximum atomic E-state index is 14.0. The molecule has 2 aromatic carbocycles. The summed E-state index contributed by atoms with van der Waals surface area (Å²) in [5, 5.41) is 4.05. The second-order valence-electron chi connectivity index (χ2n) is 4.96. The van der Waals surface area contributed by atoms with Crippen LogP contribution in [-0.2, 0) is 6.54 Å². The average Bonchev–Trinajstić information content (AvgIpc) is 2.47. The standard InChI is InChI=1S/C17H20ClFN2/c1-3-10-20-12-13-11-14(18)8-9-16(13)21(2)17-7-5-4-6-15(17)19/h4-9,11,20H,3,10,12H2,1-2H3. The number of nitrogens with zero attached hydrogens (tertiary/aromatic N) is 1. The van der Waals surface area contributed by atoms with E-state index >= 15 is 0 Å². The quantitative estimate of drug-likeness (QED) is 0.775. The van der Waals surface area contributed by atoms with Gasteiger partial charge in [0.15, 0.2) is 0 Å². The van der Waals surface area contributed by atoms with Gasteiger partial charge in [-0.3, -0.25) is 0 Å². The maximum Gasteiger partial charge on any atom is 0.146 e. The first kappa shape index (κ1) is 15.8. The molecule has 0 spiro atoms. The van der Waals surface area contributed by atoms with Gasteiger partial charge in [0.05, 0.1) is 5.69 Å². The van der Waals surface area contributed by atoms with Gasteiger partial charge in [-0.25, -0.2) is 4.39 Å². The van der Waals surface area contributed by atoms with Crippen molar-refractivity contribution in [2.24, 2.45) is 0 Å². The number of nitrogens with one attached hydrogen (secondary N) is 1. The third-order valence-electron chi connectivity index (χ3n) is 3.36. The summed E-state index contributed by atoms with van der Waals surface area (Å²) in [6, 6.07) is 12.5. The van der Waals surface area contributed by atoms with Crippen LogP contribution in [-0.4, -0.2) is 13.6 Å². The van der Waals surface area contributed by atoms with Crippen LogP contribution in [0.15, 0.2) is 42.5 Å². The van der Waals surface area contributed by atoms with Gasteiger partial charge in [-0.1, -0.05) is 30.7 Å². The average molecular weight is 307 g/mol. The lowest BCUT2D eigenvalue weighted by Gasteiger charge is -2.23. The molecule has 0 radical (unpaired) electrons. The maximum absolute atomic E-state index is 14.0. The van der Waals surface area contributed by atoms with Crippen LogP contribution in [0.3, 0.4) is 0 Å². The van der Waals surface area contributed by atoms with Crippen molar-refractivity contribution in [3.8, 4) is 0 Å². The molecule has 0 saturated heterocycles. The van der Waals surface area contributed by atoms with Crippen molar-refractivity contribution in [2.45, 2.75) is 19.9 Å². The number of hydrogen-bond donors (Lipinski definition) is 1. The molecule has 0 saturated carbocycles. The monoisotopic (exact) mass is 306 g/mol. The van der Waals surface area contributed by atoms with E-state index in [9.17, 15) is 4.39 Å². The predicted octanol–water partition coefficient (Wildman–Crippen LogP) is 4.75. The highest BCUT2D eigenvalue weighted by molar-refractivity contribution is 6.30. The first-order chi connectivity index (χ1) is 10.1. The van der Waals surface area contributed by atoms with E-state index < -0.39 is 0 Å². The summed E-state index contributed by atoms with van der Waals surface area (Å²) in [5.74, 6) is -0.234. The van der Waals surface area contributed by atoms with E-state index in [1.165, 1.54) is 6.07 Å². The Hall–Kier alpha value is -1.58. The van der Waals surface area contributed by atoms with Gasteiger partial charge in [-0.05, 0) is 48.9 Å². The van der Waals surface area contributed by atoms with Gasteiger partial charge in [0, 0.05) is 24.3 Å². The summed E-state index contributed by atoms with van der Waals surface area (Å²) in [6.07, 6.45) is 1.07. The van der Waals surface area contributed by atoms with Gasteiger partial charge in [-0.15, -0.1) is 0 Å². The Balaban J connectivity index is 2.31. The molecule has 0 aliphatic heterocycles. The first-order valence-electron chi connectivity index (χ1n) is 7.11. The van der Waals surface area contributed by atoms with E-state index in [1.807, 2.05) is 36.2 Å². The van der Waals surface area contributed by atoms with Crippen LogP contribution in [0, 0.1) is 5.82 Å². The highest BCUT2D eigenvalue weighted by Gasteiger charge is 2.12. The number of halogens is 2. The van der Waals surface area contributed by atoms with Gasteiger partial charge < -0.3 is 10.2 Å². The normalized spacial score (nSPS) is 10.7. The van der Waals surface area contributed by atoms with Gasteiger partial charge in [-0.2, -0.15) is 0 Å². The topological polar surface area (TPSA) is 15.3 Å². The lowest BCUT2D eigenvalue weighted by Crippen LogP contribution is -2.18. The van der Waals surface area contributed by atoms with Crippen molar-refractivity contribution in [1.82, 2.24) is 5.32 Å². The molecule has 4 heteroatoms. The zero-order valence-corrected chi connectivity index (χ0v) is 13.1. The highest BCUT2D eigenvalue weighted by atomic mass is 35.5. The largest absolute Gasteiger partial charge is 0.342 e. The molecule has 1 N–H and O–H groups in total. The van der Waals surface area contributed by atoms with Crippen LogP contribution in [0.5, 0.6) is 0 Å². The number of benzene rings is 2. The lowest BCUT2D eigenvalue weighted by atomic mass is 10.1. The molecule has 112 valence electrons. The molecular formula is C17H20ClFN2. The fraction of sp³-hybridized carbons (Fsp3) is 0.294. The van der Waals surface area contributed by atoms with E-state index in [1.54, 1.807) is 12.1 Å². The Kier molecular flexibility index (Phi) is 5.59. The molecule has 0 aliphatic rings. The second kappa shape index (κ2) is 7.43. The fourth-order valence-electron chi connectivity index (χ4n) is 2.28. The van der Waals surface area contributed by atoms with Crippen molar-refractivity contribution < 1.29 is 4.39 Å². The number of para-hydroxylation sites is 1. The smallest absolute Gasteiger partial charge is 0.146 e. The predicted molar refractivity (Wildman–Crippen MR) is 87.9 cm³/mol. The number of anilines is 2. The first-order valence-corrected chi connectivity index (χ1v) is 7.48. The Morgan fingerprint density at radius 2 is 1.90 bits per heavy atom. The molecular weight excluding hydrogens is 287 g/mol. The molecule has 0 aromatic heterocycles.